The Morgan fingerprint density at radius 3 is 2.60 bits per heavy atom. The van der Waals surface area contributed by atoms with E-state index in [-0.39, 0.29) is 24.0 Å². The van der Waals surface area contributed by atoms with Crippen molar-refractivity contribution in [3.8, 4) is 5.75 Å². The Bertz CT molecular complexity index is 657. The molecule has 1 aromatic heterocycles. The van der Waals surface area contributed by atoms with Gasteiger partial charge in [-0.05, 0) is 24.1 Å². The Morgan fingerprint density at radius 2 is 2.04 bits per heavy atom. The van der Waals surface area contributed by atoms with Crippen molar-refractivity contribution in [3.05, 3.63) is 45.9 Å². The molecule has 5 nitrogen and oxygen atoms in total. The molecule has 1 N–H and O–H groups in total. The summed E-state index contributed by atoms with van der Waals surface area (Å²) >= 11 is 1.74. The van der Waals surface area contributed by atoms with Gasteiger partial charge in [-0.1, -0.05) is 19.1 Å². The Balaban J connectivity index is 0.00000312. The van der Waals surface area contributed by atoms with Crippen molar-refractivity contribution >= 4 is 41.3 Å². The molecule has 2 rings (SSSR count). The molecule has 0 amide bonds. The van der Waals surface area contributed by atoms with E-state index in [1.54, 1.807) is 18.4 Å². The Labute approximate surface area is 171 Å². The molecule has 7 heteroatoms. The number of halogens is 1. The molecule has 1 heterocycles. The molecule has 1 aromatic carbocycles. The standard InChI is InChI=1S/C18H26N4OS.HI/c1-5-17-21-15(13-24-17)10-11-20-18(19-2)22(3)12-14-6-8-16(23-4)9-7-14;/h6-9,13H,5,10-12H2,1-4H3,(H,19,20);1H. The highest BCUT2D eigenvalue weighted by Gasteiger charge is 2.07. The van der Waals surface area contributed by atoms with Gasteiger partial charge in [-0.3, -0.25) is 4.99 Å². The van der Waals surface area contributed by atoms with E-state index < -0.39 is 0 Å². The average molecular weight is 474 g/mol. The number of thiazole rings is 1. The van der Waals surface area contributed by atoms with Gasteiger partial charge in [0.05, 0.1) is 17.8 Å². The molecular formula is C18H27IN4OS. The van der Waals surface area contributed by atoms with Crippen LogP contribution in [0.25, 0.3) is 0 Å². The van der Waals surface area contributed by atoms with Crippen LogP contribution in [0.4, 0.5) is 0 Å². The molecule has 0 aliphatic heterocycles. The van der Waals surface area contributed by atoms with Crippen LogP contribution in [-0.2, 0) is 19.4 Å². The summed E-state index contributed by atoms with van der Waals surface area (Å²) in [7, 11) is 5.53. The van der Waals surface area contributed by atoms with Crippen LogP contribution in [0.3, 0.4) is 0 Å². The summed E-state index contributed by atoms with van der Waals surface area (Å²) in [5.41, 5.74) is 2.37. The van der Waals surface area contributed by atoms with Crippen molar-refractivity contribution in [1.82, 2.24) is 15.2 Å². The molecule has 0 bridgehead atoms. The molecule has 0 atom stereocenters. The SMILES string of the molecule is CCc1nc(CCNC(=NC)N(C)Cc2ccc(OC)cc2)cs1.I. The van der Waals surface area contributed by atoms with Gasteiger partial charge in [0.2, 0.25) is 0 Å². The molecule has 138 valence electrons. The van der Waals surface area contributed by atoms with Crippen LogP contribution in [0, 0.1) is 0 Å². The zero-order valence-corrected chi connectivity index (χ0v) is 18.4. The van der Waals surface area contributed by atoms with Crippen molar-refractivity contribution < 1.29 is 4.74 Å². The second-order valence-electron chi connectivity index (χ2n) is 5.51. The van der Waals surface area contributed by atoms with Crippen LogP contribution in [0.15, 0.2) is 34.6 Å². The third-order valence-electron chi connectivity index (χ3n) is 3.72. The molecule has 0 saturated heterocycles. The lowest BCUT2D eigenvalue weighted by Crippen LogP contribution is -2.39. The number of methoxy groups -OCH3 is 1. The van der Waals surface area contributed by atoms with Gasteiger partial charge >= 0.3 is 0 Å². The predicted molar refractivity (Wildman–Crippen MR) is 116 cm³/mol. The zero-order valence-electron chi connectivity index (χ0n) is 15.3. The number of rotatable bonds is 7. The van der Waals surface area contributed by atoms with Gasteiger partial charge in [0.25, 0.3) is 0 Å². The van der Waals surface area contributed by atoms with Gasteiger partial charge in [-0.2, -0.15) is 0 Å². The summed E-state index contributed by atoms with van der Waals surface area (Å²) in [4.78, 5) is 11.1. The van der Waals surface area contributed by atoms with Crippen LogP contribution in [0.2, 0.25) is 0 Å². The van der Waals surface area contributed by atoms with Gasteiger partial charge in [0.15, 0.2) is 5.96 Å². The minimum absolute atomic E-state index is 0. The lowest BCUT2D eigenvalue weighted by molar-refractivity contribution is 0.414. The van der Waals surface area contributed by atoms with Crippen molar-refractivity contribution in [2.24, 2.45) is 4.99 Å². The highest BCUT2D eigenvalue weighted by Crippen LogP contribution is 2.13. The highest BCUT2D eigenvalue weighted by molar-refractivity contribution is 14.0. The fourth-order valence-corrected chi connectivity index (χ4v) is 3.17. The van der Waals surface area contributed by atoms with Crippen LogP contribution in [0.5, 0.6) is 5.75 Å². The van der Waals surface area contributed by atoms with E-state index >= 15 is 0 Å². The van der Waals surface area contributed by atoms with E-state index in [1.165, 1.54) is 10.6 Å². The van der Waals surface area contributed by atoms with Crippen LogP contribution in [-0.4, -0.2) is 43.6 Å². The average Bonchev–Trinajstić information content (AvgIpc) is 3.07. The highest BCUT2D eigenvalue weighted by atomic mass is 127. The minimum atomic E-state index is 0. The molecule has 0 saturated carbocycles. The smallest absolute Gasteiger partial charge is 0.193 e. The maximum absolute atomic E-state index is 5.19. The first kappa shape index (κ1) is 21.7. The number of nitrogens with one attached hydrogen (secondary N) is 1. The largest absolute Gasteiger partial charge is 0.497 e. The van der Waals surface area contributed by atoms with E-state index in [2.05, 4.69) is 44.6 Å². The number of hydrogen-bond donors (Lipinski definition) is 1. The van der Waals surface area contributed by atoms with E-state index in [0.717, 1.165) is 43.3 Å². The third kappa shape index (κ3) is 6.81. The maximum atomic E-state index is 5.19. The summed E-state index contributed by atoms with van der Waals surface area (Å²) < 4.78 is 5.19. The van der Waals surface area contributed by atoms with Crippen LogP contribution < -0.4 is 10.1 Å². The molecule has 0 unspecified atom stereocenters. The van der Waals surface area contributed by atoms with Crippen LogP contribution in [0.1, 0.15) is 23.2 Å². The number of aryl methyl sites for hydroxylation is 1. The quantitative estimate of drug-likeness (QED) is 0.379. The van der Waals surface area contributed by atoms with Gasteiger partial charge in [0, 0.05) is 39.0 Å². The number of aromatic nitrogens is 1. The lowest BCUT2D eigenvalue weighted by atomic mass is 10.2. The van der Waals surface area contributed by atoms with Gasteiger partial charge in [0.1, 0.15) is 5.75 Å². The number of nitrogens with zero attached hydrogens (tertiary/aromatic N) is 3. The third-order valence-corrected chi connectivity index (χ3v) is 4.76. The summed E-state index contributed by atoms with van der Waals surface area (Å²) in [5, 5.41) is 6.75. The first-order chi connectivity index (χ1) is 11.7. The minimum Gasteiger partial charge on any atom is -0.497 e. The predicted octanol–water partition coefficient (Wildman–Crippen LogP) is 3.58. The van der Waals surface area contributed by atoms with E-state index in [9.17, 15) is 0 Å². The molecule has 0 aliphatic rings. The monoisotopic (exact) mass is 474 g/mol. The molecule has 0 aliphatic carbocycles. The summed E-state index contributed by atoms with van der Waals surface area (Å²) in [5.74, 6) is 1.76. The second-order valence-corrected chi connectivity index (χ2v) is 6.46. The topological polar surface area (TPSA) is 49.8 Å². The Morgan fingerprint density at radius 1 is 1.32 bits per heavy atom. The molecule has 0 fully saturated rings. The number of benzene rings is 1. The zero-order chi connectivity index (χ0) is 17.4. The maximum Gasteiger partial charge on any atom is 0.193 e. The summed E-state index contributed by atoms with van der Waals surface area (Å²) in [6.07, 6.45) is 1.91. The van der Waals surface area contributed by atoms with E-state index in [1.807, 2.05) is 26.2 Å². The van der Waals surface area contributed by atoms with Crippen molar-refractivity contribution in [2.75, 3.05) is 27.7 Å². The van der Waals surface area contributed by atoms with Crippen molar-refractivity contribution in [3.63, 3.8) is 0 Å². The fourth-order valence-electron chi connectivity index (χ4n) is 2.39. The first-order valence-corrected chi connectivity index (χ1v) is 9.02. The van der Waals surface area contributed by atoms with Gasteiger partial charge < -0.3 is 15.0 Å². The van der Waals surface area contributed by atoms with Crippen LogP contribution >= 0.6 is 35.3 Å². The van der Waals surface area contributed by atoms with Gasteiger partial charge in [-0.25, -0.2) is 4.98 Å². The molecule has 0 radical (unpaired) electrons. The molecule has 25 heavy (non-hydrogen) atoms. The summed E-state index contributed by atoms with van der Waals surface area (Å²) in [6, 6.07) is 8.11. The first-order valence-electron chi connectivity index (χ1n) is 8.14. The number of aliphatic imine (C=N–C) groups is 1. The number of ether oxygens (including phenoxy) is 1. The second kappa shape index (κ2) is 11.3. The summed E-state index contributed by atoms with van der Waals surface area (Å²) in [6.45, 7) is 3.75. The Kier molecular flexibility index (Phi) is 9.81. The van der Waals surface area contributed by atoms with Gasteiger partial charge in [-0.15, -0.1) is 35.3 Å². The molecular weight excluding hydrogens is 447 g/mol. The fraction of sp³-hybridized carbons (Fsp3) is 0.444. The lowest BCUT2D eigenvalue weighted by Gasteiger charge is -2.22. The van der Waals surface area contributed by atoms with E-state index in [0.29, 0.717) is 0 Å². The van der Waals surface area contributed by atoms with Crippen molar-refractivity contribution in [1.29, 1.82) is 0 Å². The van der Waals surface area contributed by atoms with E-state index in [4.69, 9.17) is 4.74 Å². The molecule has 0 spiro atoms. The normalized spacial score (nSPS) is 11.0. The molecule has 2 aromatic rings. The number of guanidine groups is 1. The number of hydrogen-bond acceptors (Lipinski definition) is 4. The Hall–Kier alpha value is -1.35. The van der Waals surface area contributed by atoms with Crippen molar-refractivity contribution in [2.45, 2.75) is 26.3 Å².